The van der Waals surface area contributed by atoms with Gasteiger partial charge in [-0.1, -0.05) is 48.0 Å². The second kappa shape index (κ2) is 8.00. The number of rotatable bonds is 5. The largest absolute Gasteiger partial charge is 0.489 e. The Morgan fingerprint density at radius 2 is 1.96 bits per heavy atom. The number of ether oxygens (including phenoxy) is 1. The third-order valence-electron chi connectivity index (χ3n) is 4.22. The van der Waals surface area contributed by atoms with E-state index in [1.165, 1.54) is 11.3 Å². The number of hydrogen-bond acceptors (Lipinski definition) is 5. The van der Waals surface area contributed by atoms with Crippen LogP contribution in [0.1, 0.15) is 11.1 Å². The Hall–Kier alpha value is -2.89. The number of anilines is 1. The van der Waals surface area contributed by atoms with E-state index >= 15 is 0 Å². The average Bonchev–Trinajstić information content (AvgIpc) is 3.14. The maximum Gasteiger partial charge on any atom is 0.221 e. The van der Waals surface area contributed by atoms with Crippen LogP contribution in [-0.2, 0) is 0 Å². The lowest BCUT2D eigenvalue weighted by Crippen LogP contribution is -2.01. The molecule has 0 unspecified atom stereocenters. The van der Waals surface area contributed by atoms with E-state index in [9.17, 15) is 0 Å². The second-order valence-corrected chi connectivity index (χ2v) is 7.62. The Kier molecular flexibility index (Phi) is 5.28. The molecule has 0 aliphatic heterocycles. The van der Waals surface area contributed by atoms with Crippen molar-refractivity contribution in [2.24, 2.45) is 0 Å². The fraction of sp³-hybridized carbons (Fsp3) is 0.0909. The average molecular weight is 408 g/mol. The van der Waals surface area contributed by atoms with Gasteiger partial charge in [-0.25, -0.2) is 9.97 Å². The van der Waals surface area contributed by atoms with Crippen LogP contribution in [-0.4, -0.2) is 16.6 Å². The number of nitrogen functional groups attached to an aromatic ring is 1. The van der Waals surface area contributed by atoms with Gasteiger partial charge in [0.05, 0.1) is 16.3 Å². The molecular formula is C22H18ClN3OS. The number of fused-ring (bicyclic) bond motifs is 1. The molecule has 0 amide bonds. The lowest BCUT2D eigenvalue weighted by atomic mass is 10.1. The Morgan fingerprint density at radius 3 is 2.79 bits per heavy atom. The van der Waals surface area contributed by atoms with Crippen molar-refractivity contribution >= 4 is 45.2 Å². The Morgan fingerprint density at radius 1 is 1.14 bits per heavy atom. The van der Waals surface area contributed by atoms with Crippen LogP contribution in [0.3, 0.4) is 0 Å². The minimum atomic E-state index is 0.219. The summed E-state index contributed by atoms with van der Waals surface area (Å²) < 4.78 is 6.07. The number of benzene rings is 2. The fourth-order valence-electron chi connectivity index (χ4n) is 3.00. The molecule has 0 bridgehead atoms. The van der Waals surface area contributed by atoms with Gasteiger partial charge in [0.1, 0.15) is 17.2 Å². The molecule has 2 N–H and O–H groups in total. The van der Waals surface area contributed by atoms with E-state index in [0.717, 1.165) is 26.9 Å². The maximum atomic E-state index is 6.60. The van der Waals surface area contributed by atoms with Gasteiger partial charge in [0, 0.05) is 5.39 Å². The molecule has 0 radical (unpaired) electrons. The fourth-order valence-corrected chi connectivity index (χ4v) is 4.13. The first-order chi connectivity index (χ1) is 13.6. The third-order valence-corrected chi connectivity index (χ3v) is 5.33. The Balaban J connectivity index is 1.70. The van der Waals surface area contributed by atoms with Gasteiger partial charge >= 0.3 is 0 Å². The van der Waals surface area contributed by atoms with Crippen LogP contribution >= 0.6 is 22.9 Å². The van der Waals surface area contributed by atoms with Gasteiger partial charge in [-0.2, -0.15) is 0 Å². The first-order valence-corrected chi connectivity index (χ1v) is 10.0. The van der Waals surface area contributed by atoms with Crippen LogP contribution in [0.5, 0.6) is 5.75 Å². The van der Waals surface area contributed by atoms with E-state index in [-0.39, 0.29) is 5.95 Å². The van der Waals surface area contributed by atoms with Crippen molar-refractivity contribution < 1.29 is 4.74 Å². The second-order valence-electron chi connectivity index (χ2n) is 6.31. The molecule has 4 rings (SSSR count). The molecule has 6 heteroatoms. The molecule has 0 saturated heterocycles. The first kappa shape index (κ1) is 18.5. The molecular weight excluding hydrogens is 390 g/mol. The highest BCUT2D eigenvalue weighted by atomic mass is 35.5. The van der Waals surface area contributed by atoms with Crippen LogP contribution in [0, 0.1) is 6.92 Å². The van der Waals surface area contributed by atoms with Crippen molar-refractivity contribution in [3.8, 4) is 17.0 Å². The topological polar surface area (TPSA) is 61.0 Å². The number of nitrogens with two attached hydrogens (primary N) is 1. The smallest absolute Gasteiger partial charge is 0.221 e. The van der Waals surface area contributed by atoms with Crippen LogP contribution in [0.4, 0.5) is 5.95 Å². The summed E-state index contributed by atoms with van der Waals surface area (Å²) in [5.41, 5.74) is 9.49. The molecule has 4 aromatic rings. The van der Waals surface area contributed by atoms with Gasteiger partial charge in [0.25, 0.3) is 0 Å². The lowest BCUT2D eigenvalue weighted by molar-refractivity contribution is 0.365. The van der Waals surface area contributed by atoms with Crippen molar-refractivity contribution in [3.63, 3.8) is 0 Å². The Labute approximate surface area is 172 Å². The van der Waals surface area contributed by atoms with Crippen LogP contribution in [0.25, 0.3) is 27.6 Å². The number of hydrogen-bond donors (Lipinski definition) is 1. The third kappa shape index (κ3) is 3.86. The van der Waals surface area contributed by atoms with Gasteiger partial charge in [-0.05, 0) is 47.7 Å². The van der Waals surface area contributed by atoms with Gasteiger partial charge in [-0.3, -0.25) is 0 Å². The molecule has 4 nitrogen and oxygen atoms in total. The van der Waals surface area contributed by atoms with Crippen LogP contribution in [0.2, 0.25) is 5.02 Å². The van der Waals surface area contributed by atoms with Gasteiger partial charge < -0.3 is 10.5 Å². The summed E-state index contributed by atoms with van der Waals surface area (Å²) >= 11 is 8.12. The summed E-state index contributed by atoms with van der Waals surface area (Å²) in [5.74, 6) is 0.893. The highest BCUT2D eigenvalue weighted by molar-refractivity contribution is 7.16. The molecule has 2 aromatic carbocycles. The monoisotopic (exact) mass is 407 g/mol. The van der Waals surface area contributed by atoms with Crippen molar-refractivity contribution in [3.05, 3.63) is 76.1 Å². The van der Waals surface area contributed by atoms with Crippen molar-refractivity contribution in [1.29, 1.82) is 0 Å². The molecule has 0 aliphatic carbocycles. The molecule has 0 atom stereocenters. The van der Waals surface area contributed by atoms with E-state index in [4.69, 9.17) is 22.1 Å². The molecule has 0 fully saturated rings. The standard InChI is InChI=1S/C22H18ClN3OS/c1-14-12-17(23)19(20-16-9-11-28-21(16)26-22(24)25-20)18(13-14)27-10-5-8-15-6-3-2-4-7-15/h2-9,11-13H,10H2,1H3,(H2,24,25,26)/b8-5+. The number of halogens is 1. The highest BCUT2D eigenvalue weighted by Gasteiger charge is 2.18. The Bertz CT molecular complexity index is 1160. The van der Waals surface area contributed by atoms with E-state index in [1.807, 2.05) is 73.0 Å². The molecule has 140 valence electrons. The summed E-state index contributed by atoms with van der Waals surface area (Å²) in [7, 11) is 0. The number of thiophene rings is 1. The zero-order valence-electron chi connectivity index (χ0n) is 15.2. The van der Waals surface area contributed by atoms with Crippen LogP contribution in [0.15, 0.2) is 60.0 Å². The zero-order chi connectivity index (χ0) is 19.5. The summed E-state index contributed by atoms with van der Waals surface area (Å²) in [6.07, 6.45) is 4.00. The zero-order valence-corrected chi connectivity index (χ0v) is 16.8. The molecule has 2 aromatic heterocycles. The van der Waals surface area contributed by atoms with Crippen molar-refractivity contribution in [2.45, 2.75) is 6.92 Å². The first-order valence-electron chi connectivity index (χ1n) is 8.77. The molecule has 0 aliphatic rings. The molecule has 0 saturated carbocycles. The maximum absolute atomic E-state index is 6.60. The molecule has 28 heavy (non-hydrogen) atoms. The summed E-state index contributed by atoms with van der Waals surface area (Å²) in [5, 5.41) is 3.45. The highest BCUT2D eigenvalue weighted by Crippen LogP contribution is 2.40. The number of nitrogens with zero attached hydrogens (tertiary/aromatic N) is 2. The predicted octanol–water partition coefficient (Wildman–Crippen LogP) is 5.99. The lowest BCUT2D eigenvalue weighted by Gasteiger charge is -2.14. The summed E-state index contributed by atoms with van der Waals surface area (Å²) in [6, 6.07) is 15.9. The van der Waals surface area contributed by atoms with E-state index in [1.54, 1.807) is 0 Å². The van der Waals surface area contributed by atoms with Gasteiger partial charge in [0.2, 0.25) is 5.95 Å². The van der Waals surface area contributed by atoms with Gasteiger partial charge in [0.15, 0.2) is 0 Å². The van der Waals surface area contributed by atoms with Crippen LogP contribution < -0.4 is 10.5 Å². The quantitative estimate of drug-likeness (QED) is 0.441. The number of aryl methyl sites for hydroxylation is 1. The summed E-state index contributed by atoms with van der Waals surface area (Å²) in [4.78, 5) is 9.59. The molecule has 0 spiro atoms. The van der Waals surface area contributed by atoms with E-state index in [2.05, 4.69) is 9.97 Å². The SMILES string of the molecule is Cc1cc(Cl)c(-c2nc(N)nc3sccc23)c(OC/C=C/c2ccccc2)c1. The normalized spacial score (nSPS) is 11.4. The summed E-state index contributed by atoms with van der Waals surface area (Å²) in [6.45, 7) is 2.39. The van der Waals surface area contributed by atoms with Gasteiger partial charge in [-0.15, -0.1) is 11.3 Å². The predicted molar refractivity (Wildman–Crippen MR) is 118 cm³/mol. The number of aromatic nitrogens is 2. The minimum absolute atomic E-state index is 0.219. The van der Waals surface area contributed by atoms with Crippen molar-refractivity contribution in [1.82, 2.24) is 9.97 Å². The van der Waals surface area contributed by atoms with E-state index in [0.29, 0.717) is 23.1 Å². The van der Waals surface area contributed by atoms with E-state index < -0.39 is 0 Å². The van der Waals surface area contributed by atoms with Crippen molar-refractivity contribution in [2.75, 3.05) is 12.3 Å². The minimum Gasteiger partial charge on any atom is -0.489 e. The molecule has 2 heterocycles.